The zero-order valence-electron chi connectivity index (χ0n) is 9.27. The highest BCUT2D eigenvalue weighted by Crippen LogP contribution is 2.35. The van der Waals surface area contributed by atoms with E-state index in [1.54, 1.807) is 6.20 Å². The fourth-order valence-corrected chi connectivity index (χ4v) is 2.67. The van der Waals surface area contributed by atoms with Gasteiger partial charge in [-0.25, -0.2) is 0 Å². The summed E-state index contributed by atoms with van der Waals surface area (Å²) in [6.07, 6.45) is 4.65. The van der Waals surface area contributed by atoms with E-state index in [0.29, 0.717) is 0 Å². The van der Waals surface area contributed by atoms with Gasteiger partial charge >= 0.3 is 0 Å². The van der Waals surface area contributed by atoms with E-state index in [1.807, 2.05) is 6.20 Å². The van der Waals surface area contributed by atoms with Crippen molar-refractivity contribution in [2.24, 2.45) is 5.41 Å². The number of rotatable bonds is 0. The molecule has 0 N–H and O–H groups in total. The first kappa shape index (κ1) is 9.96. The van der Waals surface area contributed by atoms with Gasteiger partial charge in [0.2, 0.25) is 0 Å². The fraction of sp³-hybridized carbons (Fsp3) is 0.455. The molecule has 0 amide bonds. The molecule has 0 aliphatic carbocycles. The summed E-state index contributed by atoms with van der Waals surface area (Å²) in [6, 6.07) is 0. The first-order valence-corrected chi connectivity index (χ1v) is 5.67. The predicted molar refractivity (Wildman–Crippen MR) is 65.9 cm³/mol. The van der Waals surface area contributed by atoms with E-state index < -0.39 is 0 Å². The highest BCUT2D eigenvalue weighted by atomic mass is 32.1. The molecule has 84 valence electrons. The molecule has 16 heavy (non-hydrogen) atoms. The van der Waals surface area contributed by atoms with Crippen LogP contribution < -0.4 is 5.56 Å². The van der Waals surface area contributed by atoms with E-state index in [1.165, 1.54) is 5.69 Å². The Balaban J connectivity index is 2.33. The minimum atomic E-state index is -0.138. The molecule has 0 spiro atoms. The molecule has 0 aromatic carbocycles. The Morgan fingerprint density at radius 1 is 1.44 bits per heavy atom. The molecule has 0 saturated carbocycles. The number of thiol groups is 1. The maximum atomic E-state index is 11.8. The molecule has 3 heterocycles. The van der Waals surface area contributed by atoms with Gasteiger partial charge in [0.25, 0.3) is 5.56 Å². The molecule has 3 rings (SSSR count). The summed E-state index contributed by atoms with van der Waals surface area (Å²) in [7, 11) is 0. The van der Waals surface area contributed by atoms with E-state index in [9.17, 15) is 4.79 Å². The molecule has 4 nitrogen and oxygen atoms in total. The SMILES string of the molecule is CC1(C)Cc2c3cnn(S)c(=O)c3cn2C1. The van der Waals surface area contributed by atoms with Crippen LogP contribution in [0.4, 0.5) is 0 Å². The van der Waals surface area contributed by atoms with Gasteiger partial charge in [0.05, 0.1) is 11.6 Å². The van der Waals surface area contributed by atoms with Crippen molar-refractivity contribution in [1.29, 1.82) is 0 Å². The van der Waals surface area contributed by atoms with Crippen molar-refractivity contribution >= 4 is 23.6 Å². The average Bonchev–Trinajstić information content (AvgIpc) is 2.64. The van der Waals surface area contributed by atoms with Gasteiger partial charge in [-0.15, -0.1) is 0 Å². The Morgan fingerprint density at radius 3 is 2.94 bits per heavy atom. The van der Waals surface area contributed by atoms with Crippen LogP contribution in [-0.4, -0.2) is 13.8 Å². The van der Waals surface area contributed by atoms with E-state index in [4.69, 9.17) is 0 Å². The van der Waals surface area contributed by atoms with Crippen LogP contribution in [0.15, 0.2) is 17.2 Å². The summed E-state index contributed by atoms with van der Waals surface area (Å²) in [6.45, 7) is 5.43. The van der Waals surface area contributed by atoms with Gasteiger partial charge in [0.15, 0.2) is 0 Å². The average molecular weight is 235 g/mol. The Morgan fingerprint density at radius 2 is 2.19 bits per heavy atom. The van der Waals surface area contributed by atoms with E-state index in [0.717, 1.165) is 27.8 Å². The van der Waals surface area contributed by atoms with Gasteiger partial charge < -0.3 is 4.57 Å². The first-order valence-electron chi connectivity index (χ1n) is 5.27. The summed E-state index contributed by atoms with van der Waals surface area (Å²) in [5.41, 5.74) is 1.36. The van der Waals surface area contributed by atoms with Crippen molar-refractivity contribution in [3.63, 3.8) is 0 Å². The van der Waals surface area contributed by atoms with Crippen LogP contribution >= 0.6 is 12.8 Å². The Labute approximate surface area is 98.4 Å². The topological polar surface area (TPSA) is 39.8 Å². The lowest BCUT2D eigenvalue weighted by Crippen LogP contribution is -2.16. The molecule has 1 aliphatic heterocycles. The zero-order chi connectivity index (χ0) is 11.5. The van der Waals surface area contributed by atoms with Crippen LogP contribution in [0.2, 0.25) is 0 Å². The molecule has 0 fully saturated rings. The largest absolute Gasteiger partial charge is 0.349 e. The van der Waals surface area contributed by atoms with Gasteiger partial charge in [0, 0.05) is 23.8 Å². The van der Waals surface area contributed by atoms with Crippen molar-refractivity contribution in [2.75, 3.05) is 0 Å². The number of hydrogen-bond acceptors (Lipinski definition) is 3. The maximum Gasteiger partial charge on any atom is 0.286 e. The molecule has 0 bridgehead atoms. The number of nitrogens with zero attached hydrogens (tertiary/aromatic N) is 3. The second-order valence-electron chi connectivity index (χ2n) is 5.21. The first-order chi connectivity index (χ1) is 7.48. The summed E-state index contributed by atoms with van der Waals surface area (Å²) < 4.78 is 3.25. The number of aromatic nitrogens is 3. The monoisotopic (exact) mass is 235 g/mol. The van der Waals surface area contributed by atoms with E-state index in [2.05, 4.69) is 36.3 Å². The standard InChI is InChI=1S/C11H13N3OS/c1-11(2)3-9-7-4-12-14(16)10(15)8(7)5-13(9)6-11/h4-5,16H,3,6H2,1-2H3. The number of fused-ring (bicyclic) bond motifs is 3. The summed E-state index contributed by atoms with van der Waals surface area (Å²) >= 11 is 3.98. The molecule has 5 heteroatoms. The Hall–Kier alpha value is -1.23. The van der Waals surface area contributed by atoms with Gasteiger partial charge in [-0.05, 0) is 24.7 Å². The highest BCUT2D eigenvalue weighted by molar-refractivity contribution is 7.78. The summed E-state index contributed by atoms with van der Waals surface area (Å²) in [4.78, 5) is 11.8. The van der Waals surface area contributed by atoms with Crippen LogP contribution in [0.3, 0.4) is 0 Å². The van der Waals surface area contributed by atoms with Crippen molar-refractivity contribution in [3.05, 3.63) is 28.4 Å². The summed E-state index contributed by atoms with van der Waals surface area (Å²) in [5, 5.41) is 5.65. The molecule has 0 unspecified atom stereocenters. The van der Waals surface area contributed by atoms with Gasteiger partial charge in [-0.1, -0.05) is 13.8 Å². The second kappa shape index (κ2) is 2.91. The lowest BCUT2D eigenvalue weighted by Gasteiger charge is -2.14. The summed E-state index contributed by atoms with van der Waals surface area (Å²) in [5.74, 6) is 0. The second-order valence-corrected chi connectivity index (χ2v) is 5.59. The third kappa shape index (κ3) is 1.24. The maximum absolute atomic E-state index is 11.8. The van der Waals surface area contributed by atoms with Gasteiger partial charge in [0.1, 0.15) is 0 Å². The van der Waals surface area contributed by atoms with Crippen LogP contribution in [0.5, 0.6) is 0 Å². The van der Waals surface area contributed by atoms with Crippen LogP contribution in [0, 0.1) is 5.41 Å². The predicted octanol–water partition coefficient (Wildman–Crippen LogP) is 1.47. The lowest BCUT2D eigenvalue weighted by molar-refractivity contribution is 0.359. The van der Waals surface area contributed by atoms with Crippen molar-refractivity contribution in [2.45, 2.75) is 26.8 Å². The van der Waals surface area contributed by atoms with Crippen LogP contribution in [0.1, 0.15) is 19.5 Å². The van der Waals surface area contributed by atoms with E-state index >= 15 is 0 Å². The quantitative estimate of drug-likeness (QED) is 0.702. The minimum absolute atomic E-state index is 0.138. The van der Waals surface area contributed by atoms with Crippen molar-refractivity contribution < 1.29 is 0 Å². The van der Waals surface area contributed by atoms with Crippen LogP contribution in [0.25, 0.3) is 10.8 Å². The Kier molecular flexibility index (Phi) is 1.81. The van der Waals surface area contributed by atoms with Gasteiger partial charge in [-0.2, -0.15) is 9.19 Å². The number of hydrogen-bond donors (Lipinski definition) is 1. The molecule has 0 radical (unpaired) electrons. The van der Waals surface area contributed by atoms with Crippen LogP contribution in [-0.2, 0) is 13.0 Å². The molecule has 2 aromatic heterocycles. The normalized spacial score (nSPS) is 17.9. The Bertz CT molecular complexity index is 638. The van der Waals surface area contributed by atoms with Crippen molar-refractivity contribution in [3.8, 4) is 0 Å². The zero-order valence-corrected chi connectivity index (χ0v) is 10.2. The van der Waals surface area contributed by atoms with Gasteiger partial charge in [-0.3, -0.25) is 4.79 Å². The van der Waals surface area contributed by atoms with Crippen molar-refractivity contribution in [1.82, 2.24) is 13.8 Å². The molecule has 0 atom stereocenters. The molecule has 0 saturated heterocycles. The molecular formula is C11H13N3OS. The lowest BCUT2D eigenvalue weighted by atomic mass is 9.90. The smallest absolute Gasteiger partial charge is 0.286 e. The third-order valence-corrected chi connectivity index (χ3v) is 3.47. The minimum Gasteiger partial charge on any atom is -0.349 e. The fourth-order valence-electron chi connectivity index (χ4n) is 2.51. The molecular weight excluding hydrogens is 222 g/mol. The molecule has 1 aliphatic rings. The van der Waals surface area contributed by atoms with E-state index in [-0.39, 0.29) is 11.0 Å². The molecule has 2 aromatic rings. The highest BCUT2D eigenvalue weighted by Gasteiger charge is 2.30. The third-order valence-electron chi connectivity index (χ3n) is 3.19.